The molecular formula is C17H19NSV. The number of hydrogen-bond donors (Lipinski definition) is 0. The van der Waals surface area contributed by atoms with Gasteiger partial charge in [0.2, 0.25) is 0 Å². The van der Waals surface area contributed by atoms with Crippen LogP contribution >= 0.6 is 11.8 Å². The van der Waals surface area contributed by atoms with Gasteiger partial charge in [-0.05, 0) is 30.7 Å². The van der Waals surface area contributed by atoms with Crippen LogP contribution in [0.4, 0.5) is 11.4 Å². The number of fused-ring (bicyclic) bond motifs is 2. The van der Waals surface area contributed by atoms with Crippen LogP contribution in [0.1, 0.15) is 19.8 Å². The first-order valence-corrected chi connectivity index (χ1v) is 8.65. The van der Waals surface area contributed by atoms with Crippen LogP contribution in [0.25, 0.3) is 0 Å². The molecule has 2 aromatic carbocycles. The number of hydrogen-bond acceptors (Lipinski definition) is 2. The third-order valence-corrected chi connectivity index (χ3v) is 4.40. The minimum absolute atomic E-state index is 1.10. The van der Waals surface area contributed by atoms with E-state index in [-0.39, 0.29) is 0 Å². The third kappa shape index (κ3) is 3.20. The molecule has 1 aliphatic heterocycles. The van der Waals surface area contributed by atoms with Crippen molar-refractivity contribution in [2.75, 3.05) is 11.4 Å². The van der Waals surface area contributed by atoms with E-state index in [1.54, 1.807) is 0 Å². The molecular weight excluding hydrogens is 301 g/mol. The Hall–Kier alpha value is -0.956. The summed E-state index contributed by atoms with van der Waals surface area (Å²) in [7, 11) is 0. The molecule has 3 heteroatoms. The molecule has 20 heavy (non-hydrogen) atoms. The summed E-state index contributed by atoms with van der Waals surface area (Å²) in [6.45, 7) is 3.35. The van der Waals surface area contributed by atoms with Crippen molar-refractivity contribution >= 4 is 28.4 Å². The monoisotopic (exact) mass is 320 g/mol. The van der Waals surface area contributed by atoms with Gasteiger partial charge in [-0.25, -0.2) is 0 Å². The normalized spacial score (nSPS) is 11.9. The van der Waals surface area contributed by atoms with E-state index in [2.05, 4.69) is 82.6 Å². The van der Waals surface area contributed by atoms with Crippen molar-refractivity contribution in [1.82, 2.24) is 0 Å². The van der Waals surface area contributed by atoms with E-state index in [4.69, 9.17) is 0 Å². The first-order chi connectivity index (χ1) is 9.90. The number of benzene rings is 2. The third-order valence-electron chi connectivity index (χ3n) is 3.27. The van der Waals surface area contributed by atoms with Gasteiger partial charge in [0, 0.05) is 16.3 Å². The maximum atomic E-state index is 3.19. The second kappa shape index (κ2) is 7.73. The molecule has 0 atom stereocenters. The van der Waals surface area contributed by atoms with E-state index >= 15 is 0 Å². The molecule has 0 saturated carbocycles. The molecule has 0 amide bonds. The van der Waals surface area contributed by atoms with Crippen LogP contribution in [0.3, 0.4) is 0 Å². The van der Waals surface area contributed by atoms with Gasteiger partial charge in [0.15, 0.2) is 0 Å². The molecule has 0 spiro atoms. The molecule has 0 fully saturated rings. The van der Waals surface area contributed by atoms with Crippen molar-refractivity contribution in [2.45, 2.75) is 29.6 Å². The van der Waals surface area contributed by atoms with Gasteiger partial charge in [0.05, 0.1) is 11.4 Å². The zero-order valence-corrected chi connectivity index (χ0v) is 14.0. The van der Waals surface area contributed by atoms with Gasteiger partial charge in [0.1, 0.15) is 0 Å². The van der Waals surface area contributed by atoms with Crippen molar-refractivity contribution in [2.24, 2.45) is 0 Å². The Labute approximate surface area is 134 Å². The van der Waals surface area contributed by atoms with Gasteiger partial charge < -0.3 is 4.90 Å². The number of rotatable bonds is 3. The average molecular weight is 320 g/mol. The van der Waals surface area contributed by atoms with Crippen molar-refractivity contribution < 1.29 is 17.0 Å². The van der Waals surface area contributed by atoms with Crippen LogP contribution in [0.2, 0.25) is 0 Å². The van der Waals surface area contributed by atoms with Crippen LogP contribution in [0.15, 0.2) is 58.3 Å². The van der Waals surface area contributed by atoms with Gasteiger partial charge >= 0.3 is 22.2 Å². The number of unbranched alkanes of at least 4 members (excludes halogenated alkanes) is 1. The molecule has 0 aliphatic carbocycles. The van der Waals surface area contributed by atoms with Crippen molar-refractivity contribution in [3.8, 4) is 0 Å². The summed E-state index contributed by atoms with van der Waals surface area (Å²) in [5, 5.41) is 3.19. The molecule has 0 aromatic heterocycles. The molecule has 1 aliphatic rings. The van der Waals surface area contributed by atoms with Crippen molar-refractivity contribution in [1.29, 1.82) is 0 Å². The molecule has 0 saturated heterocycles. The summed E-state index contributed by atoms with van der Waals surface area (Å²) in [5.41, 5.74) is 2.71. The summed E-state index contributed by atoms with van der Waals surface area (Å²) in [6, 6.07) is 17.4. The van der Waals surface area contributed by atoms with E-state index in [1.165, 1.54) is 34.0 Å². The SMILES string of the molecule is CCCCN1c2ccccc2Sc2ccccc21.[CH2]=[V]. The second-order valence-corrected chi connectivity index (χ2v) is 5.63. The van der Waals surface area contributed by atoms with Gasteiger partial charge in [-0.15, -0.1) is 0 Å². The number of para-hydroxylation sites is 2. The molecule has 2 aromatic rings. The minimum atomic E-state index is 1.10. The molecule has 0 radical (unpaired) electrons. The fraction of sp³-hybridized carbons (Fsp3) is 0.235. The van der Waals surface area contributed by atoms with Crippen LogP contribution in [-0.2, 0) is 17.0 Å². The average Bonchev–Trinajstić information content (AvgIpc) is 2.53. The summed E-state index contributed by atoms with van der Waals surface area (Å²) in [6.07, 6.45) is 2.46. The number of anilines is 2. The predicted octanol–water partition coefficient (Wildman–Crippen LogP) is 5.05. The fourth-order valence-electron chi connectivity index (χ4n) is 2.34. The molecule has 1 nitrogen and oxygen atoms in total. The van der Waals surface area contributed by atoms with Crippen molar-refractivity contribution in [3.63, 3.8) is 0 Å². The second-order valence-electron chi connectivity index (χ2n) is 4.54. The van der Waals surface area contributed by atoms with E-state index in [1.807, 2.05) is 11.8 Å². The first-order valence-electron chi connectivity index (χ1n) is 6.85. The van der Waals surface area contributed by atoms with E-state index < -0.39 is 0 Å². The van der Waals surface area contributed by atoms with Crippen LogP contribution in [-0.4, -0.2) is 11.8 Å². The Morgan fingerprint density at radius 3 is 1.95 bits per heavy atom. The molecule has 3 rings (SSSR count). The standard InChI is InChI=1S/C16H17NS.CH2.V/c1-2-3-12-17-13-8-4-6-10-15(13)18-16-11-7-5-9-14(16)17;;/h4-11H,2-3,12H2,1H3;1H2;. The Bertz CT molecular complexity index is 525. The maximum absolute atomic E-state index is 3.19. The van der Waals surface area contributed by atoms with Crippen LogP contribution in [0, 0.1) is 0 Å². The number of nitrogens with zero attached hydrogens (tertiary/aromatic N) is 1. The van der Waals surface area contributed by atoms with E-state index in [0.29, 0.717) is 0 Å². The topological polar surface area (TPSA) is 3.24 Å². The Kier molecular flexibility index (Phi) is 5.96. The van der Waals surface area contributed by atoms with E-state index in [9.17, 15) is 0 Å². The van der Waals surface area contributed by atoms with E-state index in [0.717, 1.165) is 6.54 Å². The summed E-state index contributed by atoms with van der Waals surface area (Å²) in [4.78, 5) is 5.20. The zero-order chi connectivity index (χ0) is 14.4. The van der Waals surface area contributed by atoms with Crippen molar-refractivity contribution in [3.05, 3.63) is 48.5 Å². The molecule has 0 N–H and O–H groups in total. The van der Waals surface area contributed by atoms with Gasteiger partial charge in [0.25, 0.3) is 0 Å². The Morgan fingerprint density at radius 1 is 0.950 bits per heavy atom. The molecule has 0 bridgehead atoms. The van der Waals surface area contributed by atoms with Gasteiger partial charge in [-0.3, -0.25) is 0 Å². The predicted molar refractivity (Wildman–Crippen MR) is 86.0 cm³/mol. The molecule has 1 heterocycles. The Balaban J connectivity index is 0.000000704. The fourth-order valence-corrected chi connectivity index (χ4v) is 3.43. The van der Waals surface area contributed by atoms with Crippen LogP contribution in [0.5, 0.6) is 0 Å². The van der Waals surface area contributed by atoms with Crippen LogP contribution < -0.4 is 4.90 Å². The summed E-state index contributed by atoms with van der Waals surface area (Å²) < 4.78 is 0. The zero-order valence-electron chi connectivity index (χ0n) is 11.7. The molecule has 103 valence electrons. The molecule has 0 unspecified atom stereocenters. The summed E-state index contributed by atoms with van der Waals surface area (Å²) >= 11 is 3.94. The quantitative estimate of drug-likeness (QED) is 0.778. The van der Waals surface area contributed by atoms with Gasteiger partial charge in [-0.2, -0.15) is 0 Å². The van der Waals surface area contributed by atoms with Gasteiger partial charge in [-0.1, -0.05) is 49.4 Å². The Morgan fingerprint density at radius 2 is 1.45 bits per heavy atom. The summed E-state index contributed by atoms with van der Waals surface area (Å²) in [5.74, 6) is 0. The first kappa shape index (κ1) is 15.4.